The molecule has 0 saturated carbocycles. The predicted molar refractivity (Wildman–Crippen MR) is 174 cm³/mol. The Kier molecular flexibility index (Phi) is 9.11. The summed E-state index contributed by atoms with van der Waals surface area (Å²) in [5, 5.41) is 20.7. The standard InChI is InChI=1S/C35H34N4O6.Mg/c1-7-18-15(3)22-11-23-16(4)20(9-10-28(41)42)32(38-23)30-31(35(44)45-6)34(43)29-17(5)24(39-33(29)30)12-26-19(8-2)21(14-40)27(37-26)13-25(18)36-22;/h7,11-14,16,20,29,31-32H,1,8-10H2,2-6H3,(H,41,42);/q-4;+2/b23-11-,26-12+,27-13+;/t16-,20-,29-,31+,32?;/m0./s1. The van der Waals surface area contributed by atoms with Gasteiger partial charge >= 0.3 is 35.0 Å². The summed E-state index contributed by atoms with van der Waals surface area (Å²) in [6.45, 7) is 11.7. The molecule has 1 fully saturated rings. The number of nitrogens with zero attached hydrogens (tertiary/aromatic N) is 4. The average molecular weight is 631 g/mol. The van der Waals surface area contributed by atoms with Crippen LogP contribution >= 0.6 is 0 Å². The van der Waals surface area contributed by atoms with Crippen molar-refractivity contribution in [1.29, 1.82) is 0 Å². The molecule has 0 spiro atoms. The van der Waals surface area contributed by atoms with Gasteiger partial charge in [0.25, 0.3) is 0 Å². The fourth-order valence-electron chi connectivity index (χ4n) is 7.34. The molecule has 234 valence electrons. The molecule has 5 heterocycles. The Balaban J connectivity index is 0.00000417. The number of aldehydes is 1. The van der Waals surface area contributed by atoms with E-state index in [9.17, 15) is 24.3 Å². The van der Waals surface area contributed by atoms with Gasteiger partial charge in [-0.2, -0.15) is 5.70 Å². The number of aliphatic carboxylic acids is 1. The van der Waals surface area contributed by atoms with Gasteiger partial charge in [-0.05, 0) is 44.1 Å². The molecule has 1 saturated heterocycles. The molecule has 10 nitrogen and oxygen atoms in total. The summed E-state index contributed by atoms with van der Waals surface area (Å²) in [4.78, 5) is 61.1. The van der Waals surface area contributed by atoms with E-state index in [4.69, 9.17) is 25.3 Å². The second-order valence-corrected chi connectivity index (χ2v) is 12.0. The second kappa shape index (κ2) is 12.6. The number of fused-ring (bicyclic) bond motifs is 8. The van der Waals surface area contributed by atoms with E-state index in [1.54, 1.807) is 18.2 Å². The Hall–Kier alpha value is -4.09. The van der Waals surface area contributed by atoms with Crippen molar-refractivity contribution in [3.05, 3.63) is 89.8 Å². The van der Waals surface area contributed by atoms with Gasteiger partial charge in [0, 0.05) is 17.9 Å². The molecule has 2 aromatic rings. The maximum Gasteiger partial charge on any atom is 2.00 e. The zero-order valence-corrected chi connectivity index (χ0v) is 28.0. The van der Waals surface area contributed by atoms with Gasteiger partial charge in [-0.25, -0.2) is 0 Å². The summed E-state index contributed by atoms with van der Waals surface area (Å²) in [5.74, 6) is -4.45. The number of carboxylic acids is 1. The van der Waals surface area contributed by atoms with Crippen LogP contribution in [0.5, 0.6) is 0 Å². The third kappa shape index (κ3) is 5.09. The van der Waals surface area contributed by atoms with Crippen LogP contribution in [0.25, 0.3) is 34.9 Å². The van der Waals surface area contributed by atoms with E-state index in [0.29, 0.717) is 62.3 Å². The molecule has 1 N–H and O–H groups in total. The number of Topliss-reactive ketones (excluding diaryl/α,β-unsaturated/α-hetero) is 1. The van der Waals surface area contributed by atoms with E-state index in [1.165, 1.54) is 7.11 Å². The van der Waals surface area contributed by atoms with Crippen molar-refractivity contribution >= 4 is 71.4 Å². The Morgan fingerprint density at radius 1 is 1.09 bits per heavy atom. The third-order valence-electron chi connectivity index (χ3n) is 9.74. The maximum absolute atomic E-state index is 14.0. The van der Waals surface area contributed by atoms with Crippen molar-refractivity contribution in [3.8, 4) is 0 Å². The van der Waals surface area contributed by atoms with E-state index in [2.05, 4.69) is 6.58 Å². The first-order valence-electron chi connectivity index (χ1n) is 15.1. The molecule has 2 aromatic heterocycles. The number of rotatable bonds is 7. The van der Waals surface area contributed by atoms with Crippen molar-refractivity contribution in [2.24, 2.45) is 23.7 Å². The van der Waals surface area contributed by atoms with E-state index in [-0.39, 0.29) is 53.5 Å². The third-order valence-corrected chi connectivity index (χ3v) is 9.74. The number of allylic oxidation sites excluding steroid dienone is 3. The normalized spacial score (nSPS) is 26.9. The SMILES string of the molecule is C=Cc1c2[n-]c(c1C)/C=C1\[N-]C(C3=C4[N-]C(=C(C)[C@@H]4C(=O)[C@@H]3C(=O)OC)/C=c3/[n-]/c(c(C=O)c3CC)=C/2)[C@@H](CCC(=O)O)[C@@H]1C.[Mg+2]. The Morgan fingerprint density at radius 2 is 1.83 bits per heavy atom. The molecule has 46 heavy (non-hydrogen) atoms. The van der Waals surface area contributed by atoms with Gasteiger partial charge in [-0.1, -0.05) is 73.0 Å². The number of hydrogen-bond acceptors (Lipinski definition) is 5. The molecule has 0 amide bonds. The monoisotopic (exact) mass is 630 g/mol. The van der Waals surface area contributed by atoms with E-state index in [1.807, 2.05) is 33.8 Å². The van der Waals surface area contributed by atoms with E-state index in [0.717, 1.165) is 23.0 Å². The summed E-state index contributed by atoms with van der Waals surface area (Å²) < 4.78 is 5.12. The smallest absolute Gasteiger partial charge is 0.681 e. The molecule has 5 atom stereocenters. The van der Waals surface area contributed by atoms with Crippen molar-refractivity contribution in [2.45, 2.75) is 53.0 Å². The van der Waals surface area contributed by atoms with Crippen LogP contribution in [0.2, 0.25) is 0 Å². The molecule has 11 heteroatoms. The van der Waals surface area contributed by atoms with Gasteiger partial charge in [0.2, 0.25) is 0 Å². The van der Waals surface area contributed by atoms with E-state index < -0.39 is 29.8 Å². The van der Waals surface area contributed by atoms with Crippen LogP contribution in [0, 0.1) is 30.6 Å². The zero-order chi connectivity index (χ0) is 32.3. The quantitative estimate of drug-likeness (QED) is 0.212. The molecule has 6 rings (SSSR count). The van der Waals surface area contributed by atoms with Crippen LogP contribution in [-0.2, 0) is 25.5 Å². The van der Waals surface area contributed by atoms with Gasteiger partial charge in [0.15, 0.2) is 5.78 Å². The van der Waals surface area contributed by atoms with Gasteiger partial charge < -0.3 is 30.4 Å². The van der Waals surface area contributed by atoms with Crippen molar-refractivity contribution in [2.75, 3.05) is 7.11 Å². The minimum atomic E-state index is -1.20. The number of hydrogen-bond donors (Lipinski definition) is 1. The summed E-state index contributed by atoms with van der Waals surface area (Å²) in [7, 11) is 1.25. The first kappa shape index (κ1) is 33.3. The molecular formula is C35H34MgN4O6-2. The predicted octanol–water partition coefficient (Wildman–Crippen LogP) is 3.29. The Labute approximate surface area is 283 Å². The molecule has 1 unspecified atom stereocenters. The van der Waals surface area contributed by atoms with Gasteiger partial charge in [0.1, 0.15) is 12.2 Å². The molecule has 8 bridgehead atoms. The molecule has 1 aliphatic carbocycles. The summed E-state index contributed by atoms with van der Waals surface area (Å²) in [6, 6.07) is -0.667. The Bertz CT molecular complexity index is 1910. The van der Waals surface area contributed by atoms with Crippen LogP contribution in [0.4, 0.5) is 0 Å². The molecule has 0 radical (unpaired) electrons. The van der Waals surface area contributed by atoms with Gasteiger partial charge in [-0.3, -0.25) is 19.2 Å². The van der Waals surface area contributed by atoms with Crippen LogP contribution in [-0.4, -0.2) is 65.3 Å². The first-order valence-corrected chi connectivity index (χ1v) is 15.1. The number of carbonyl (C=O) groups is 4. The number of ether oxygens (including phenoxy) is 1. The molecule has 3 aliphatic heterocycles. The number of ketones is 1. The van der Waals surface area contributed by atoms with Gasteiger partial charge in [0.05, 0.1) is 7.11 Å². The van der Waals surface area contributed by atoms with Crippen molar-refractivity contribution in [1.82, 2.24) is 9.97 Å². The summed E-state index contributed by atoms with van der Waals surface area (Å²) in [5.41, 5.74) is 6.95. The number of esters is 1. The number of aromatic nitrogens is 2. The summed E-state index contributed by atoms with van der Waals surface area (Å²) in [6.07, 6.45) is 8.72. The van der Waals surface area contributed by atoms with E-state index >= 15 is 0 Å². The molecule has 4 aliphatic rings. The van der Waals surface area contributed by atoms with Crippen LogP contribution in [0.3, 0.4) is 0 Å². The fourth-order valence-corrected chi connectivity index (χ4v) is 7.34. The van der Waals surface area contributed by atoms with Crippen LogP contribution in [0.1, 0.15) is 72.0 Å². The van der Waals surface area contributed by atoms with Crippen LogP contribution < -0.4 is 20.7 Å². The minimum Gasteiger partial charge on any atom is -0.681 e. The largest absolute Gasteiger partial charge is 2.00 e. The number of carbonyl (C=O) groups excluding carboxylic acids is 3. The topological polar surface area (TPSA) is 154 Å². The number of carboxylic acid groups (broad SMARTS) is 1. The average Bonchev–Trinajstić information content (AvgIpc) is 3.76. The number of methoxy groups -OCH3 is 1. The fraction of sp³-hybridized carbons (Fsp3) is 0.371. The first-order chi connectivity index (χ1) is 21.5. The minimum absolute atomic E-state index is 0. The maximum atomic E-state index is 14.0. The Morgan fingerprint density at radius 3 is 2.46 bits per heavy atom. The zero-order valence-electron chi connectivity index (χ0n) is 26.6. The van der Waals surface area contributed by atoms with Crippen LogP contribution in [0.15, 0.2) is 34.8 Å². The second-order valence-electron chi connectivity index (χ2n) is 12.0. The molecular weight excluding hydrogens is 597 g/mol. The van der Waals surface area contributed by atoms with Crippen molar-refractivity contribution in [3.63, 3.8) is 0 Å². The summed E-state index contributed by atoms with van der Waals surface area (Å²) >= 11 is 0. The van der Waals surface area contributed by atoms with Gasteiger partial charge in [-0.15, -0.1) is 33.5 Å². The van der Waals surface area contributed by atoms with Crippen molar-refractivity contribution < 1.29 is 29.0 Å². The molecule has 0 aromatic carbocycles.